The Bertz CT molecular complexity index is 1480. The number of aliphatic carboxylic acids is 1. The van der Waals surface area contributed by atoms with Crippen LogP contribution in [0.3, 0.4) is 0 Å². The maximum atomic E-state index is 16.1. The zero-order chi connectivity index (χ0) is 25.7. The van der Waals surface area contributed by atoms with E-state index in [4.69, 9.17) is 5.26 Å². The number of carbonyl (C=O) groups is 1. The monoisotopic (exact) mass is 502 g/mol. The van der Waals surface area contributed by atoms with Crippen LogP contribution in [0.1, 0.15) is 42.4 Å². The van der Waals surface area contributed by atoms with Crippen LogP contribution in [0.15, 0.2) is 53.5 Å². The molecule has 3 atom stereocenters. The van der Waals surface area contributed by atoms with E-state index in [-0.39, 0.29) is 17.5 Å². The van der Waals surface area contributed by atoms with Gasteiger partial charge in [0.1, 0.15) is 29.2 Å². The summed E-state index contributed by atoms with van der Waals surface area (Å²) >= 11 is 0. The number of halogens is 2. The number of hydrogen-bond acceptors (Lipinski definition) is 6. The summed E-state index contributed by atoms with van der Waals surface area (Å²) < 4.78 is 30.1. The summed E-state index contributed by atoms with van der Waals surface area (Å²) in [5.41, 5.74) is 1.91. The topological polar surface area (TPSA) is 126 Å². The van der Waals surface area contributed by atoms with E-state index in [0.717, 1.165) is 31.9 Å². The van der Waals surface area contributed by atoms with Crippen molar-refractivity contribution in [3.8, 4) is 6.07 Å². The van der Waals surface area contributed by atoms with E-state index in [2.05, 4.69) is 25.6 Å². The number of hydrogen-bond donors (Lipinski definition) is 4. The van der Waals surface area contributed by atoms with Gasteiger partial charge in [0.25, 0.3) is 0 Å². The molecule has 188 valence electrons. The molecule has 37 heavy (non-hydrogen) atoms. The van der Waals surface area contributed by atoms with Crippen molar-refractivity contribution in [2.24, 2.45) is 22.7 Å². The number of carboxylic acid groups (broad SMARTS) is 1. The third-order valence-electron chi connectivity index (χ3n) is 7.89. The van der Waals surface area contributed by atoms with Crippen molar-refractivity contribution >= 4 is 28.5 Å². The quantitative estimate of drug-likeness (QED) is 0.417. The number of aromatic amines is 1. The smallest absolute Gasteiger partial charge is 0.308 e. The van der Waals surface area contributed by atoms with Crippen LogP contribution in [-0.2, 0) is 4.79 Å². The van der Waals surface area contributed by atoms with Gasteiger partial charge in [0.15, 0.2) is 5.83 Å². The lowest BCUT2D eigenvalue weighted by Gasteiger charge is -2.48. The van der Waals surface area contributed by atoms with E-state index in [9.17, 15) is 14.3 Å². The van der Waals surface area contributed by atoms with Crippen LogP contribution in [-0.4, -0.2) is 39.1 Å². The van der Waals surface area contributed by atoms with Gasteiger partial charge in [-0.1, -0.05) is 12.1 Å². The molecule has 0 saturated heterocycles. The molecule has 3 saturated carbocycles. The summed E-state index contributed by atoms with van der Waals surface area (Å²) in [6, 6.07) is 9.38. The van der Waals surface area contributed by atoms with Crippen molar-refractivity contribution in [3.05, 3.63) is 71.1 Å². The first-order valence-electron chi connectivity index (χ1n) is 12.3. The molecule has 2 bridgehead atoms. The largest absolute Gasteiger partial charge is 0.481 e. The first kappa shape index (κ1) is 23.3. The fourth-order valence-electron chi connectivity index (χ4n) is 6.10. The highest BCUT2D eigenvalue weighted by molar-refractivity contribution is 6.11. The Kier molecular flexibility index (Phi) is 5.72. The van der Waals surface area contributed by atoms with Crippen LogP contribution >= 0.6 is 0 Å². The van der Waals surface area contributed by atoms with Crippen molar-refractivity contribution in [1.82, 2.24) is 20.6 Å². The number of H-pyrrole nitrogens is 1. The molecule has 0 radical (unpaired) electrons. The molecule has 3 fully saturated rings. The number of benzene rings is 1. The number of rotatable bonds is 5. The lowest BCUT2D eigenvalue weighted by Crippen LogP contribution is -2.61. The molecule has 4 aliphatic rings. The van der Waals surface area contributed by atoms with E-state index in [0.29, 0.717) is 33.6 Å². The molecule has 0 spiro atoms. The Morgan fingerprint density at radius 1 is 1.14 bits per heavy atom. The SMILES string of the molecule is N#Cc1ccc(C2=C(F)C(NC3C4CCC(CC4)C3C(=O)O)NC(c3c[nH]c4ncc(F)cc34)=N2)cc1. The summed E-state index contributed by atoms with van der Waals surface area (Å²) in [6.45, 7) is 0. The minimum Gasteiger partial charge on any atom is -0.481 e. The second-order valence-corrected chi connectivity index (χ2v) is 9.91. The third-order valence-corrected chi connectivity index (χ3v) is 7.89. The highest BCUT2D eigenvalue weighted by atomic mass is 19.1. The number of carboxylic acids is 1. The number of amidine groups is 1. The van der Waals surface area contributed by atoms with E-state index in [1.165, 1.54) is 6.07 Å². The van der Waals surface area contributed by atoms with Gasteiger partial charge < -0.3 is 15.4 Å². The summed E-state index contributed by atoms with van der Waals surface area (Å²) in [5, 5.41) is 26.0. The highest BCUT2D eigenvalue weighted by Crippen LogP contribution is 2.46. The average Bonchev–Trinajstić information content (AvgIpc) is 3.33. The summed E-state index contributed by atoms with van der Waals surface area (Å²) in [6.07, 6.45) is 5.23. The standard InChI is InChI=1S/C27H24F2N6O2/c28-17-9-18-19(12-32-24(18)31-11-17)25-34-23(16-3-1-13(10-30)2-4-16)21(29)26(35-25)33-22-15-7-5-14(6-8-15)20(22)27(36)37/h1-4,9,11-12,14-15,20,22,26,33H,5-8H2,(H,31,32)(H,34,35)(H,36,37). The molecular weight excluding hydrogens is 478 g/mol. The van der Waals surface area contributed by atoms with Crippen LogP contribution in [0.2, 0.25) is 0 Å². The van der Waals surface area contributed by atoms with Crippen LogP contribution < -0.4 is 10.6 Å². The van der Waals surface area contributed by atoms with Gasteiger partial charge in [-0.05, 0) is 55.7 Å². The molecule has 0 amide bonds. The Balaban J connectivity index is 1.43. The summed E-state index contributed by atoms with van der Waals surface area (Å²) in [7, 11) is 0. The molecule has 7 rings (SSSR count). The molecule has 2 aromatic heterocycles. The van der Waals surface area contributed by atoms with Crippen molar-refractivity contribution in [2.75, 3.05) is 0 Å². The Morgan fingerprint density at radius 2 is 1.86 bits per heavy atom. The molecule has 1 aromatic carbocycles. The Morgan fingerprint density at radius 3 is 2.57 bits per heavy atom. The predicted octanol–water partition coefficient (Wildman–Crippen LogP) is 4.07. The molecule has 10 heteroatoms. The fourth-order valence-corrected chi connectivity index (χ4v) is 6.10. The van der Waals surface area contributed by atoms with Crippen molar-refractivity contribution in [3.63, 3.8) is 0 Å². The zero-order valence-corrected chi connectivity index (χ0v) is 19.7. The lowest BCUT2D eigenvalue weighted by molar-refractivity contribution is -0.150. The molecular formula is C27H24F2N6O2. The molecule has 3 aliphatic carbocycles. The number of aliphatic imine (C=N–C) groups is 1. The van der Waals surface area contributed by atoms with Crippen LogP contribution in [0.4, 0.5) is 8.78 Å². The van der Waals surface area contributed by atoms with Crippen LogP contribution in [0, 0.1) is 34.9 Å². The number of nitrogens with zero attached hydrogens (tertiary/aromatic N) is 3. The van der Waals surface area contributed by atoms with E-state index >= 15 is 4.39 Å². The summed E-state index contributed by atoms with van der Waals surface area (Å²) in [4.78, 5) is 23.8. The molecule has 1 aliphatic heterocycles. The van der Waals surface area contributed by atoms with Crippen molar-refractivity contribution in [1.29, 1.82) is 5.26 Å². The van der Waals surface area contributed by atoms with Crippen molar-refractivity contribution in [2.45, 2.75) is 37.9 Å². The highest BCUT2D eigenvalue weighted by Gasteiger charge is 2.48. The molecule has 4 N–H and O–H groups in total. The number of fused-ring (bicyclic) bond motifs is 4. The third kappa shape index (κ3) is 4.05. The first-order valence-corrected chi connectivity index (χ1v) is 12.3. The molecule has 3 unspecified atom stereocenters. The van der Waals surface area contributed by atoms with Gasteiger partial charge in [0.2, 0.25) is 0 Å². The van der Waals surface area contributed by atoms with Gasteiger partial charge in [0.05, 0.1) is 23.7 Å². The van der Waals surface area contributed by atoms with E-state index in [1.807, 2.05) is 6.07 Å². The Hall–Kier alpha value is -4.10. The van der Waals surface area contributed by atoms with Gasteiger partial charge in [-0.15, -0.1) is 0 Å². The zero-order valence-electron chi connectivity index (χ0n) is 19.7. The molecule has 8 nitrogen and oxygen atoms in total. The number of aromatic nitrogens is 2. The van der Waals surface area contributed by atoms with Crippen molar-refractivity contribution < 1.29 is 18.7 Å². The van der Waals surface area contributed by atoms with Gasteiger partial charge >= 0.3 is 5.97 Å². The Labute approximate surface area is 211 Å². The van der Waals surface area contributed by atoms with E-state index in [1.54, 1.807) is 30.5 Å². The number of pyridine rings is 1. The van der Waals surface area contributed by atoms with Gasteiger partial charge in [-0.2, -0.15) is 5.26 Å². The maximum Gasteiger partial charge on any atom is 0.308 e. The maximum absolute atomic E-state index is 16.1. The number of nitrogens with one attached hydrogen (secondary N) is 3. The second-order valence-electron chi connectivity index (χ2n) is 9.91. The molecule has 3 aromatic rings. The van der Waals surface area contributed by atoms with Crippen LogP contribution in [0.5, 0.6) is 0 Å². The van der Waals surface area contributed by atoms with Gasteiger partial charge in [-0.3, -0.25) is 10.1 Å². The number of nitriles is 1. The normalized spacial score (nSPS) is 27.1. The first-order chi connectivity index (χ1) is 17.9. The van der Waals surface area contributed by atoms with Gasteiger partial charge in [0, 0.05) is 28.8 Å². The lowest BCUT2D eigenvalue weighted by atomic mass is 9.61. The minimum absolute atomic E-state index is 0.0577. The fraction of sp³-hybridized carbons (Fsp3) is 0.333. The second kappa shape index (κ2) is 9.09. The average molecular weight is 503 g/mol. The van der Waals surface area contributed by atoms with Crippen LogP contribution in [0.25, 0.3) is 16.7 Å². The minimum atomic E-state index is -1.05. The van der Waals surface area contributed by atoms with E-state index < -0.39 is 35.7 Å². The molecule has 3 heterocycles. The summed E-state index contributed by atoms with van der Waals surface area (Å²) in [5.74, 6) is -2.08. The van der Waals surface area contributed by atoms with Gasteiger partial charge in [-0.25, -0.2) is 18.8 Å². The predicted molar refractivity (Wildman–Crippen MR) is 132 cm³/mol.